The number of rotatable bonds is 5. The molecule has 0 aromatic carbocycles. The number of hydrogen-bond donors (Lipinski definition) is 1. The van der Waals surface area contributed by atoms with E-state index in [2.05, 4.69) is 35.2 Å². The predicted octanol–water partition coefficient (Wildman–Crippen LogP) is 3.41. The SMILES string of the molecule is CCCC(C)N(C)c1snc(N)c1-c1cccnc1. The highest BCUT2D eigenvalue weighted by molar-refractivity contribution is 7.11. The van der Waals surface area contributed by atoms with E-state index in [4.69, 9.17) is 5.73 Å². The van der Waals surface area contributed by atoms with Gasteiger partial charge < -0.3 is 10.6 Å². The minimum absolute atomic E-state index is 0.472. The number of aromatic nitrogens is 2. The number of nitrogens with two attached hydrogens (primary N) is 1. The van der Waals surface area contributed by atoms with Crippen molar-refractivity contribution in [1.82, 2.24) is 9.36 Å². The molecule has 2 N–H and O–H groups in total. The maximum atomic E-state index is 6.03. The Balaban J connectivity index is 2.38. The highest BCUT2D eigenvalue weighted by atomic mass is 32.1. The molecule has 19 heavy (non-hydrogen) atoms. The second kappa shape index (κ2) is 6.02. The summed E-state index contributed by atoms with van der Waals surface area (Å²) in [6.07, 6.45) is 5.92. The Morgan fingerprint density at radius 1 is 1.47 bits per heavy atom. The summed E-state index contributed by atoms with van der Waals surface area (Å²) in [5, 5.41) is 1.12. The Hall–Kier alpha value is -1.62. The van der Waals surface area contributed by atoms with Gasteiger partial charge in [-0.25, -0.2) is 0 Å². The van der Waals surface area contributed by atoms with Crippen LogP contribution in [0.4, 0.5) is 10.8 Å². The fourth-order valence-electron chi connectivity index (χ4n) is 2.13. The van der Waals surface area contributed by atoms with Crippen molar-refractivity contribution in [2.75, 3.05) is 17.7 Å². The van der Waals surface area contributed by atoms with E-state index in [1.807, 2.05) is 18.3 Å². The summed E-state index contributed by atoms with van der Waals surface area (Å²) in [5.41, 5.74) is 8.06. The van der Waals surface area contributed by atoms with Crippen molar-refractivity contribution >= 4 is 22.4 Å². The van der Waals surface area contributed by atoms with Gasteiger partial charge in [-0.3, -0.25) is 4.98 Å². The van der Waals surface area contributed by atoms with Crippen LogP contribution in [0.3, 0.4) is 0 Å². The molecule has 102 valence electrons. The van der Waals surface area contributed by atoms with Gasteiger partial charge in [0.15, 0.2) is 0 Å². The summed E-state index contributed by atoms with van der Waals surface area (Å²) in [5.74, 6) is 0.587. The summed E-state index contributed by atoms with van der Waals surface area (Å²) in [4.78, 5) is 6.43. The van der Waals surface area contributed by atoms with Crippen LogP contribution in [0, 0.1) is 0 Å². The van der Waals surface area contributed by atoms with Crippen molar-refractivity contribution in [2.45, 2.75) is 32.7 Å². The molecule has 0 bridgehead atoms. The molecule has 2 rings (SSSR count). The molecule has 0 aliphatic carbocycles. The molecule has 0 fully saturated rings. The summed E-state index contributed by atoms with van der Waals surface area (Å²) in [6, 6.07) is 4.42. The van der Waals surface area contributed by atoms with Crippen LogP contribution in [0.5, 0.6) is 0 Å². The van der Waals surface area contributed by atoms with Crippen molar-refractivity contribution in [1.29, 1.82) is 0 Å². The van der Waals surface area contributed by atoms with E-state index >= 15 is 0 Å². The average molecular weight is 276 g/mol. The lowest BCUT2D eigenvalue weighted by molar-refractivity contribution is 0.619. The lowest BCUT2D eigenvalue weighted by Gasteiger charge is -2.26. The second-order valence-corrected chi connectivity index (χ2v) is 5.49. The zero-order valence-electron chi connectivity index (χ0n) is 11.6. The molecule has 0 radical (unpaired) electrons. The van der Waals surface area contributed by atoms with E-state index in [-0.39, 0.29) is 0 Å². The number of hydrogen-bond acceptors (Lipinski definition) is 5. The molecule has 5 heteroatoms. The maximum Gasteiger partial charge on any atom is 0.147 e. The molecule has 0 amide bonds. The van der Waals surface area contributed by atoms with E-state index in [0.29, 0.717) is 11.9 Å². The van der Waals surface area contributed by atoms with Crippen molar-refractivity contribution < 1.29 is 0 Å². The van der Waals surface area contributed by atoms with Crippen LogP contribution >= 0.6 is 11.5 Å². The zero-order chi connectivity index (χ0) is 13.8. The maximum absolute atomic E-state index is 6.03. The van der Waals surface area contributed by atoms with Gasteiger partial charge in [0.25, 0.3) is 0 Å². The van der Waals surface area contributed by atoms with Gasteiger partial charge in [-0.15, -0.1) is 0 Å². The van der Waals surface area contributed by atoms with E-state index in [9.17, 15) is 0 Å². The molecule has 0 spiro atoms. The Morgan fingerprint density at radius 2 is 2.26 bits per heavy atom. The molecule has 2 heterocycles. The van der Waals surface area contributed by atoms with Gasteiger partial charge in [0.2, 0.25) is 0 Å². The third kappa shape index (κ3) is 2.87. The van der Waals surface area contributed by atoms with Gasteiger partial charge in [0, 0.05) is 31.0 Å². The normalized spacial score (nSPS) is 12.4. The third-order valence-electron chi connectivity index (χ3n) is 3.34. The first kappa shape index (κ1) is 13.8. The lowest BCUT2D eigenvalue weighted by Crippen LogP contribution is -2.28. The van der Waals surface area contributed by atoms with Gasteiger partial charge in [-0.05, 0) is 30.9 Å². The minimum atomic E-state index is 0.472. The minimum Gasteiger partial charge on any atom is -0.382 e. The summed E-state index contributed by atoms with van der Waals surface area (Å²) < 4.78 is 4.31. The topological polar surface area (TPSA) is 55.0 Å². The van der Waals surface area contributed by atoms with Gasteiger partial charge >= 0.3 is 0 Å². The average Bonchev–Trinajstić information content (AvgIpc) is 2.81. The summed E-state index contributed by atoms with van der Waals surface area (Å²) in [7, 11) is 2.10. The van der Waals surface area contributed by atoms with E-state index in [1.165, 1.54) is 18.0 Å². The standard InChI is InChI=1S/C14H20N4S/c1-4-6-10(2)18(3)14-12(13(15)17-19-14)11-7-5-8-16-9-11/h5,7-10H,4,6H2,1-3H3,(H2,15,17). The van der Waals surface area contributed by atoms with Crippen LogP contribution < -0.4 is 10.6 Å². The van der Waals surface area contributed by atoms with Crippen LogP contribution in [0.25, 0.3) is 11.1 Å². The highest BCUT2D eigenvalue weighted by Crippen LogP contribution is 2.39. The van der Waals surface area contributed by atoms with E-state index < -0.39 is 0 Å². The molecule has 0 saturated heterocycles. The summed E-state index contributed by atoms with van der Waals surface area (Å²) in [6.45, 7) is 4.43. The lowest BCUT2D eigenvalue weighted by atomic mass is 10.1. The van der Waals surface area contributed by atoms with E-state index in [0.717, 1.165) is 22.5 Å². The van der Waals surface area contributed by atoms with Crippen molar-refractivity contribution in [3.05, 3.63) is 24.5 Å². The molecule has 2 aromatic rings. The largest absolute Gasteiger partial charge is 0.382 e. The van der Waals surface area contributed by atoms with Gasteiger partial charge in [-0.2, -0.15) is 4.37 Å². The van der Waals surface area contributed by atoms with Crippen molar-refractivity contribution in [3.8, 4) is 11.1 Å². The van der Waals surface area contributed by atoms with E-state index in [1.54, 1.807) is 6.20 Å². The Morgan fingerprint density at radius 3 is 2.89 bits per heavy atom. The number of nitrogen functional groups attached to an aromatic ring is 1. The number of nitrogens with zero attached hydrogens (tertiary/aromatic N) is 3. The van der Waals surface area contributed by atoms with Crippen molar-refractivity contribution in [3.63, 3.8) is 0 Å². The van der Waals surface area contributed by atoms with Crippen LogP contribution in [0.15, 0.2) is 24.5 Å². The number of anilines is 2. The third-order valence-corrected chi connectivity index (χ3v) is 4.29. The molecule has 1 unspecified atom stereocenters. The van der Waals surface area contributed by atoms with Crippen LogP contribution in [-0.4, -0.2) is 22.4 Å². The molecule has 1 atom stereocenters. The summed E-state index contributed by atoms with van der Waals surface area (Å²) >= 11 is 1.46. The first-order valence-electron chi connectivity index (χ1n) is 6.53. The molecular formula is C14H20N4S. The van der Waals surface area contributed by atoms with Crippen LogP contribution in [-0.2, 0) is 0 Å². The number of pyridine rings is 1. The fourth-order valence-corrected chi connectivity index (χ4v) is 3.03. The van der Waals surface area contributed by atoms with Gasteiger partial charge in [0.05, 0.1) is 5.56 Å². The first-order chi connectivity index (χ1) is 9.15. The second-order valence-electron chi connectivity index (χ2n) is 4.74. The quantitative estimate of drug-likeness (QED) is 0.909. The van der Waals surface area contributed by atoms with Gasteiger partial charge in [-0.1, -0.05) is 19.4 Å². The fraction of sp³-hybridized carbons (Fsp3) is 0.429. The molecular weight excluding hydrogens is 256 g/mol. The molecule has 2 aromatic heterocycles. The monoisotopic (exact) mass is 276 g/mol. The Bertz CT molecular complexity index is 523. The highest BCUT2D eigenvalue weighted by Gasteiger charge is 2.19. The molecule has 0 aliphatic rings. The first-order valence-corrected chi connectivity index (χ1v) is 7.30. The molecule has 0 aliphatic heterocycles. The predicted molar refractivity (Wildman–Crippen MR) is 82.5 cm³/mol. The van der Waals surface area contributed by atoms with Crippen LogP contribution in [0.2, 0.25) is 0 Å². The zero-order valence-corrected chi connectivity index (χ0v) is 12.4. The Kier molecular flexibility index (Phi) is 4.37. The van der Waals surface area contributed by atoms with Crippen molar-refractivity contribution in [2.24, 2.45) is 0 Å². The van der Waals surface area contributed by atoms with Crippen LogP contribution in [0.1, 0.15) is 26.7 Å². The van der Waals surface area contributed by atoms with Gasteiger partial charge in [0.1, 0.15) is 10.8 Å². The Labute approximate surface area is 118 Å². The molecule has 0 saturated carbocycles. The molecule has 4 nitrogen and oxygen atoms in total. The smallest absolute Gasteiger partial charge is 0.147 e.